The molecule has 0 fully saturated rings. The number of alkyl halides is 2. The molecule has 0 aliphatic carbocycles. The molecule has 0 saturated heterocycles. The van der Waals surface area contributed by atoms with E-state index in [1.54, 1.807) is 16.7 Å². The molecule has 1 aliphatic rings. The molecule has 98 valence electrons. The third kappa shape index (κ3) is 2.06. The van der Waals surface area contributed by atoms with Crippen LogP contribution in [-0.4, -0.2) is 14.4 Å². The molecule has 3 rings (SSSR count). The van der Waals surface area contributed by atoms with Crippen molar-refractivity contribution >= 4 is 51.3 Å². The molecule has 0 spiro atoms. The molecule has 2 aromatic rings. The Morgan fingerprint density at radius 2 is 2.05 bits per heavy atom. The standard InChI is InChI=1S/C13H9Cl3N2O/c14-10(11(15)16)8-5-6-18-12(8)17-9-4-2-1-3-7(9)13(18)19/h1-4,11H,5-6H2/b10-8+. The minimum absolute atomic E-state index is 0.0549. The van der Waals surface area contributed by atoms with Crippen molar-refractivity contribution in [2.75, 3.05) is 0 Å². The zero-order valence-corrected chi connectivity index (χ0v) is 12.0. The van der Waals surface area contributed by atoms with Crippen molar-refractivity contribution in [1.29, 1.82) is 0 Å². The predicted molar refractivity (Wildman–Crippen MR) is 78.9 cm³/mol. The van der Waals surface area contributed by atoms with Crippen LogP contribution in [0.1, 0.15) is 12.2 Å². The highest BCUT2D eigenvalue weighted by Gasteiger charge is 2.25. The first-order valence-electron chi connectivity index (χ1n) is 5.76. The first kappa shape index (κ1) is 13.0. The molecule has 1 aliphatic heterocycles. The molecule has 0 N–H and O–H groups in total. The zero-order valence-electron chi connectivity index (χ0n) is 9.74. The first-order chi connectivity index (χ1) is 9.09. The van der Waals surface area contributed by atoms with Crippen molar-refractivity contribution < 1.29 is 0 Å². The smallest absolute Gasteiger partial charge is 0.261 e. The van der Waals surface area contributed by atoms with Gasteiger partial charge in [0.15, 0.2) is 0 Å². The van der Waals surface area contributed by atoms with E-state index in [1.165, 1.54) is 0 Å². The van der Waals surface area contributed by atoms with E-state index >= 15 is 0 Å². The number of benzene rings is 1. The molecule has 1 aromatic carbocycles. The Labute approximate surface area is 124 Å². The first-order valence-corrected chi connectivity index (χ1v) is 7.01. The van der Waals surface area contributed by atoms with E-state index in [1.807, 2.05) is 12.1 Å². The van der Waals surface area contributed by atoms with Crippen molar-refractivity contribution in [3.8, 4) is 0 Å². The average molecular weight is 316 g/mol. The molecule has 19 heavy (non-hydrogen) atoms. The zero-order chi connectivity index (χ0) is 13.6. The Bertz CT molecular complexity index is 749. The van der Waals surface area contributed by atoms with E-state index in [0.29, 0.717) is 34.7 Å². The van der Waals surface area contributed by atoms with Crippen LogP contribution in [0.2, 0.25) is 0 Å². The van der Waals surface area contributed by atoms with Crippen molar-refractivity contribution in [1.82, 2.24) is 9.55 Å². The second-order valence-electron chi connectivity index (χ2n) is 4.29. The lowest BCUT2D eigenvalue weighted by Gasteiger charge is -2.07. The summed E-state index contributed by atoms with van der Waals surface area (Å²) >= 11 is 17.7. The number of hydrogen-bond donors (Lipinski definition) is 0. The van der Waals surface area contributed by atoms with Gasteiger partial charge in [0.1, 0.15) is 10.7 Å². The summed E-state index contributed by atoms with van der Waals surface area (Å²) in [5, 5.41) is 0.952. The molecular formula is C13H9Cl3N2O. The fraction of sp³-hybridized carbons (Fsp3) is 0.231. The van der Waals surface area contributed by atoms with Crippen LogP contribution in [0, 0.1) is 0 Å². The quantitative estimate of drug-likeness (QED) is 0.754. The summed E-state index contributed by atoms with van der Waals surface area (Å²) < 4.78 is 1.62. The van der Waals surface area contributed by atoms with Crippen LogP contribution >= 0.6 is 34.8 Å². The number of allylic oxidation sites excluding steroid dienone is 2. The molecule has 0 atom stereocenters. The third-order valence-electron chi connectivity index (χ3n) is 3.20. The fourth-order valence-corrected chi connectivity index (χ4v) is 2.74. The number of rotatable bonds is 1. The van der Waals surface area contributed by atoms with Gasteiger partial charge in [-0.25, -0.2) is 4.98 Å². The van der Waals surface area contributed by atoms with Crippen molar-refractivity contribution in [3.05, 3.63) is 45.5 Å². The van der Waals surface area contributed by atoms with Crippen molar-refractivity contribution in [3.63, 3.8) is 0 Å². The largest absolute Gasteiger partial charge is 0.292 e. The molecule has 0 saturated carbocycles. The minimum Gasteiger partial charge on any atom is -0.292 e. The lowest BCUT2D eigenvalue weighted by molar-refractivity contribution is 0.725. The summed E-state index contributed by atoms with van der Waals surface area (Å²) in [6.07, 6.45) is 0.618. The van der Waals surface area contributed by atoms with Gasteiger partial charge in [0, 0.05) is 12.1 Å². The molecule has 0 amide bonds. The third-order valence-corrected chi connectivity index (χ3v) is 4.30. The van der Waals surface area contributed by atoms with E-state index in [-0.39, 0.29) is 5.56 Å². The number of hydrogen-bond acceptors (Lipinski definition) is 2. The van der Waals surface area contributed by atoms with Crippen molar-refractivity contribution in [2.45, 2.75) is 17.8 Å². The van der Waals surface area contributed by atoms with Crippen LogP contribution in [-0.2, 0) is 6.54 Å². The average Bonchev–Trinajstić information content (AvgIpc) is 2.82. The van der Waals surface area contributed by atoms with E-state index < -0.39 is 4.84 Å². The summed E-state index contributed by atoms with van der Waals surface area (Å²) in [6.45, 7) is 0.554. The SMILES string of the molecule is O=c1c2ccccc2nc2n1CC/C2=C(\Cl)C(Cl)Cl. The maximum Gasteiger partial charge on any atom is 0.261 e. The number of aromatic nitrogens is 2. The monoisotopic (exact) mass is 314 g/mol. The predicted octanol–water partition coefficient (Wildman–Crippen LogP) is 3.55. The van der Waals surface area contributed by atoms with Crippen molar-refractivity contribution in [2.24, 2.45) is 0 Å². The Morgan fingerprint density at radius 3 is 2.79 bits per heavy atom. The Hall–Kier alpha value is -1.03. The molecular weight excluding hydrogens is 307 g/mol. The maximum absolute atomic E-state index is 12.3. The van der Waals surface area contributed by atoms with E-state index in [0.717, 1.165) is 5.57 Å². The lowest BCUT2D eigenvalue weighted by atomic mass is 10.2. The number of fused-ring (bicyclic) bond motifs is 2. The maximum atomic E-state index is 12.3. The van der Waals surface area contributed by atoms with Gasteiger partial charge in [-0.1, -0.05) is 46.9 Å². The molecule has 2 heterocycles. The second-order valence-corrected chi connectivity index (χ2v) is 5.79. The Kier molecular flexibility index (Phi) is 3.29. The van der Waals surface area contributed by atoms with Crippen LogP contribution in [0.15, 0.2) is 34.1 Å². The highest BCUT2D eigenvalue weighted by molar-refractivity contribution is 6.53. The lowest BCUT2D eigenvalue weighted by Crippen LogP contribution is -2.20. The Balaban J connectivity index is 2.34. The van der Waals surface area contributed by atoms with Crippen LogP contribution in [0.3, 0.4) is 0 Å². The molecule has 1 aromatic heterocycles. The summed E-state index contributed by atoms with van der Waals surface area (Å²) in [6, 6.07) is 7.25. The van der Waals surface area contributed by atoms with Gasteiger partial charge in [-0.2, -0.15) is 0 Å². The van der Waals surface area contributed by atoms with Crippen LogP contribution in [0.4, 0.5) is 0 Å². The molecule has 0 bridgehead atoms. The highest BCUT2D eigenvalue weighted by Crippen LogP contribution is 2.34. The van der Waals surface area contributed by atoms with Gasteiger partial charge in [-0.05, 0) is 18.6 Å². The minimum atomic E-state index is -0.799. The fourth-order valence-electron chi connectivity index (χ4n) is 2.30. The summed E-state index contributed by atoms with van der Waals surface area (Å²) in [4.78, 5) is 16.1. The van der Waals surface area contributed by atoms with Gasteiger partial charge >= 0.3 is 0 Å². The molecule has 0 unspecified atom stereocenters. The van der Waals surface area contributed by atoms with E-state index in [9.17, 15) is 4.79 Å². The summed E-state index contributed by atoms with van der Waals surface area (Å²) in [7, 11) is 0. The van der Waals surface area contributed by atoms with Gasteiger partial charge in [-0.3, -0.25) is 9.36 Å². The van der Waals surface area contributed by atoms with E-state index in [4.69, 9.17) is 34.8 Å². The van der Waals surface area contributed by atoms with Gasteiger partial charge < -0.3 is 0 Å². The van der Waals surface area contributed by atoms with Crippen LogP contribution in [0.5, 0.6) is 0 Å². The molecule has 6 heteroatoms. The van der Waals surface area contributed by atoms with Gasteiger partial charge in [0.25, 0.3) is 5.56 Å². The molecule has 0 radical (unpaired) electrons. The topological polar surface area (TPSA) is 34.9 Å². The second kappa shape index (κ2) is 4.82. The van der Waals surface area contributed by atoms with Gasteiger partial charge in [0.2, 0.25) is 0 Å². The van der Waals surface area contributed by atoms with Crippen LogP contribution < -0.4 is 5.56 Å². The van der Waals surface area contributed by atoms with Gasteiger partial charge in [-0.15, -0.1) is 0 Å². The highest BCUT2D eigenvalue weighted by atomic mass is 35.5. The van der Waals surface area contributed by atoms with Crippen LogP contribution in [0.25, 0.3) is 16.5 Å². The summed E-state index contributed by atoms with van der Waals surface area (Å²) in [5.74, 6) is 0.569. The number of para-hydroxylation sites is 1. The van der Waals surface area contributed by atoms with Gasteiger partial charge in [0.05, 0.1) is 15.9 Å². The van der Waals surface area contributed by atoms with E-state index in [2.05, 4.69) is 4.98 Å². The number of nitrogens with zero attached hydrogens (tertiary/aromatic N) is 2. The number of halogens is 3. The summed E-state index contributed by atoms with van der Waals surface area (Å²) in [5.41, 5.74) is 1.35. The molecule has 3 nitrogen and oxygen atoms in total. The Morgan fingerprint density at radius 1 is 1.32 bits per heavy atom. The normalized spacial score (nSPS) is 17.1.